The van der Waals surface area contributed by atoms with Crippen LogP contribution in [0, 0.1) is 0 Å². The Morgan fingerprint density at radius 2 is 0.351 bits per heavy atom. The predicted molar refractivity (Wildman–Crippen MR) is 630 cm³/mol. The molecular formula is C142H90N6. The minimum absolute atomic E-state index is 1.17. The minimum atomic E-state index is 1.17. The summed E-state index contributed by atoms with van der Waals surface area (Å²) < 4.78 is 14.7. The van der Waals surface area contributed by atoms with Gasteiger partial charge in [-0.05, 0) is 209 Å². The van der Waals surface area contributed by atoms with Crippen molar-refractivity contribution in [2.45, 2.75) is 0 Å². The summed E-state index contributed by atoms with van der Waals surface area (Å²) in [7, 11) is 0. The van der Waals surface area contributed by atoms with Crippen LogP contribution < -0.4 is 0 Å². The molecule has 0 atom stereocenters. The summed E-state index contributed by atoms with van der Waals surface area (Å²) in [6, 6.07) is 200. The number of benzene rings is 26. The molecule has 0 N–H and O–H groups in total. The number of para-hydroxylation sites is 7. The zero-order chi connectivity index (χ0) is 97.1. The van der Waals surface area contributed by atoms with Gasteiger partial charge >= 0.3 is 0 Å². The maximum absolute atomic E-state index is 2.51. The zero-order valence-electron chi connectivity index (χ0n) is 80.6. The van der Waals surface area contributed by atoms with Crippen LogP contribution in [0.1, 0.15) is 0 Å². The molecule has 0 bridgehead atoms. The molecule has 32 rings (SSSR count). The highest BCUT2D eigenvalue weighted by Gasteiger charge is 2.27. The van der Waals surface area contributed by atoms with Crippen molar-refractivity contribution >= 4 is 206 Å². The number of hydrogen-bond donors (Lipinski definition) is 0. The van der Waals surface area contributed by atoms with E-state index >= 15 is 0 Å². The van der Waals surface area contributed by atoms with Crippen molar-refractivity contribution in [3.8, 4) is 78.6 Å². The first kappa shape index (κ1) is 84.1. The van der Waals surface area contributed by atoms with Gasteiger partial charge in [0.2, 0.25) is 0 Å². The summed E-state index contributed by atoms with van der Waals surface area (Å²) in [5, 5.41) is 32.6. The normalized spacial score (nSPS) is 11.9. The van der Waals surface area contributed by atoms with Crippen LogP contribution in [0.4, 0.5) is 0 Å². The van der Waals surface area contributed by atoms with E-state index in [1.54, 1.807) is 0 Å². The van der Waals surface area contributed by atoms with Gasteiger partial charge in [-0.1, -0.05) is 425 Å². The van der Waals surface area contributed by atoms with Gasteiger partial charge in [0.15, 0.2) is 0 Å². The minimum Gasteiger partial charge on any atom is -0.309 e. The first-order valence-corrected chi connectivity index (χ1v) is 51.1. The highest BCUT2D eigenvalue weighted by Crippen LogP contribution is 2.50. The van der Waals surface area contributed by atoms with Gasteiger partial charge in [0.05, 0.1) is 94.6 Å². The predicted octanol–water partition coefficient (Wildman–Crippen LogP) is 38.4. The molecule has 0 unspecified atom stereocenters. The second-order valence-corrected chi connectivity index (χ2v) is 39.2. The number of hydrogen-bond acceptors (Lipinski definition) is 0. The molecule has 148 heavy (non-hydrogen) atoms. The van der Waals surface area contributed by atoms with E-state index in [1.165, 1.54) is 285 Å². The van der Waals surface area contributed by atoms with Gasteiger partial charge in [-0.15, -0.1) is 0 Å². The molecule has 0 radical (unpaired) electrons. The van der Waals surface area contributed by atoms with Crippen LogP contribution in [0.5, 0.6) is 0 Å². The van der Waals surface area contributed by atoms with E-state index < -0.39 is 0 Å². The second kappa shape index (κ2) is 34.0. The molecule has 0 saturated carbocycles. The van der Waals surface area contributed by atoms with Crippen LogP contribution in [0.3, 0.4) is 0 Å². The molecule has 0 fully saturated rings. The Kier molecular flexibility index (Phi) is 19.3. The molecule has 6 nitrogen and oxygen atoms in total. The standard InChI is InChI=1S/C58H36N2.C44H28N2.C40H26N2/c1-2-16-37(17-3-1)57-46-24-8-10-26-48(46)58(49-27-11-9-25-47(49)57)60-53-29-15-13-23-45(53)51-35-39(31-33-55(51)60)38-30-32-54-50(34-38)44-22-12-14-28-52(44)59(54)56-36-40-18-4-5-19-41(40)42-20-6-7-21-43(42)56;1-3-15-33-29(11-1)13-9-21-39(33)45-41-19-7-5-17-35(41)37-25-23-31(27-43(37)45)32-24-26-38-36-18-6-8-20-42(36)46(44(38)28-32)40-22-10-14-30-12-2-4-16-34(30)40;1-2-13-30(14-3-1)41-37-18-8-6-16-32(37)34-23-21-28(25-39(34)41)29-22-24-35-33-17-7-9-19-38(33)42(40(35)26-29)36-20-10-12-27-11-4-5-15-31(27)36/h1-36H;1-28H;1-26H. The van der Waals surface area contributed by atoms with E-state index in [0.29, 0.717) is 0 Å². The lowest BCUT2D eigenvalue weighted by atomic mass is 9.90. The molecule has 0 aliphatic carbocycles. The highest BCUT2D eigenvalue weighted by atomic mass is 15.0. The zero-order valence-corrected chi connectivity index (χ0v) is 80.6. The fourth-order valence-corrected chi connectivity index (χ4v) is 24.7. The SMILES string of the molecule is c1ccc(-c2c3ccccc3c(-n3c4ccccc4c4cc(-c5ccc6c(c5)c5ccccc5n6-c5cc6ccccc6c6ccccc56)ccc43)c3ccccc23)cc1.c1ccc(-n2c3ccccc3c3ccc(-c4ccc5c6ccccc6n(-c6cccc7ccccc67)c5c4)cc32)cc1.c1ccc2c(-n3c4ccccc4c4ccc(-c5ccc6c7ccccc7n(-c7cccc8ccccc78)c6c5)cc43)cccc2c1. The van der Waals surface area contributed by atoms with Crippen LogP contribution in [0.15, 0.2) is 546 Å². The largest absolute Gasteiger partial charge is 0.309 e. The van der Waals surface area contributed by atoms with Gasteiger partial charge < -0.3 is 27.4 Å². The van der Waals surface area contributed by atoms with Crippen LogP contribution in [0.2, 0.25) is 0 Å². The molecule has 0 aliphatic heterocycles. The topological polar surface area (TPSA) is 29.6 Å². The first-order chi connectivity index (χ1) is 73.5. The Morgan fingerprint density at radius 3 is 0.750 bits per heavy atom. The van der Waals surface area contributed by atoms with Crippen molar-refractivity contribution in [1.82, 2.24) is 27.4 Å². The van der Waals surface area contributed by atoms with E-state index in [1.807, 2.05) is 0 Å². The molecule has 26 aromatic carbocycles. The maximum atomic E-state index is 2.51. The van der Waals surface area contributed by atoms with Crippen molar-refractivity contribution in [2.75, 3.05) is 0 Å². The van der Waals surface area contributed by atoms with Crippen LogP contribution in [-0.2, 0) is 0 Å². The molecule has 0 saturated heterocycles. The number of aromatic nitrogens is 6. The number of nitrogens with zero attached hydrogens (tertiary/aromatic N) is 6. The van der Waals surface area contributed by atoms with Crippen molar-refractivity contribution < 1.29 is 0 Å². The maximum Gasteiger partial charge on any atom is 0.0619 e. The van der Waals surface area contributed by atoms with Crippen molar-refractivity contribution in [3.63, 3.8) is 0 Å². The fourth-order valence-electron chi connectivity index (χ4n) is 24.7. The Labute approximate surface area is 852 Å². The van der Waals surface area contributed by atoms with Gasteiger partial charge in [0, 0.05) is 103 Å². The van der Waals surface area contributed by atoms with Crippen LogP contribution >= 0.6 is 0 Å². The summed E-state index contributed by atoms with van der Waals surface area (Å²) in [5.74, 6) is 0. The van der Waals surface area contributed by atoms with E-state index in [0.717, 1.165) is 0 Å². The molecule has 6 heteroatoms. The molecule has 32 aromatic rings. The molecule has 0 aliphatic rings. The first-order valence-electron chi connectivity index (χ1n) is 51.1. The molecule has 0 amide bonds. The van der Waals surface area contributed by atoms with Crippen molar-refractivity contribution in [1.29, 1.82) is 0 Å². The Balaban J connectivity index is 0.000000104. The van der Waals surface area contributed by atoms with Crippen LogP contribution in [0.25, 0.3) is 285 Å². The lowest BCUT2D eigenvalue weighted by molar-refractivity contribution is 1.18. The van der Waals surface area contributed by atoms with Gasteiger partial charge in [-0.2, -0.15) is 0 Å². The number of fused-ring (bicyclic) bond motifs is 26. The van der Waals surface area contributed by atoms with E-state index in [-0.39, 0.29) is 0 Å². The number of rotatable bonds is 10. The van der Waals surface area contributed by atoms with E-state index in [2.05, 4.69) is 573 Å². The molecular weight excluding hydrogens is 1790 g/mol. The van der Waals surface area contributed by atoms with Gasteiger partial charge in [-0.3, -0.25) is 0 Å². The molecule has 6 heterocycles. The van der Waals surface area contributed by atoms with Gasteiger partial charge in [0.1, 0.15) is 0 Å². The lowest BCUT2D eigenvalue weighted by Gasteiger charge is -2.19. The van der Waals surface area contributed by atoms with Gasteiger partial charge in [0.25, 0.3) is 0 Å². The Hall–Kier alpha value is -19.7. The van der Waals surface area contributed by atoms with Gasteiger partial charge in [-0.25, -0.2) is 0 Å². The summed E-state index contributed by atoms with van der Waals surface area (Å²) in [4.78, 5) is 0. The smallest absolute Gasteiger partial charge is 0.0619 e. The fraction of sp³-hybridized carbons (Fsp3) is 0. The summed E-state index contributed by atoms with van der Waals surface area (Å²) in [5.41, 5.74) is 31.5. The van der Waals surface area contributed by atoms with Crippen LogP contribution in [-0.4, -0.2) is 27.4 Å². The van der Waals surface area contributed by atoms with Crippen molar-refractivity contribution in [2.24, 2.45) is 0 Å². The van der Waals surface area contributed by atoms with E-state index in [4.69, 9.17) is 0 Å². The monoisotopic (exact) mass is 1880 g/mol. The van der Waals surface area contributed by atoms with E-state index in [9.17, 15) is 0 Å². The third-order valence-electron chi connectivity index (χ3n) is 31.3. The molecule has 0 spiro atoms. The summed E-state index contributed by atoms with van der Waals surface area (Å²) in [6.45, 7) is 0. The Bertz CT molecular complexity index is 10800. The third-order valence-corrected chi connectivity index (χ3v) is 31.3. The second-order valence-electron chi connectivity index (χ2n) is 39.2. The average Bonchev–Trinajstić information content (AvgIpc) is 1.51. The summed E-state index contributed by atoms with van der Waals surface area (Å²) >= 11 is 0. The third kappa shape index (κ3) is 13.2. The molecule has 688 valence electrons. The molecule has 6 aromatic heterocycles. The quantitative estimate of drug-likeness (QED) is 0.0965. The summed E-state index contributed by atoms with van der Waals surface area (Å²) in [6.07, 6.45) is 0. The average molecular weight is 1880 g/mol. The Morgan fingerprint density at radius 1 is 0.101 bits per heavy atom. The lowest BCUT2D eigenvalue weighted by Crippen LogP contribution is -1.99. The highest BCUT2D eigenvalue weighted by molar-refractivity contribution is 6.24. The van der Waals surface area contributed by atoms with Crippen molar-refractivity contribution in [3.05, 3.63) is 546 Å².